The van der Waals surface area contributed by atoms with Crippen molar-refractivity contribution in [1.29, 1.82) is 5.26 Å². The van der Waals surface area contributed by atoms with E-state index in [2.05, 4.69) is 39.6 Å². The van der Waals surface area contributed by atoms with E-state index >= 15 is 0 Å². The van der Waals surface area contributed by atoms with E-state index in [1.807, 2.05) is 18.2 Å². The highest BCUT2D eigenvalue weighted by Gasteiger charge is 2.00. The Balaban J connectivity index is 2.40. The lowest BCUT2D eigenvalue weighted by Crippen LogP contribution is -2.17. The number of benzene rings is 1. The Morgan fingerprint density at radius 3 is 2.81 bits per heavy atom. The van der Waals surface area contributed by atoms with Gasteiger partial charge in [-0.1, -0.05) is 6.92 Å². The lowest BCUT2D eigenvalue weighted by Gasteiger charge is -2.08. The van der Waals surface area contributed by atoms with E-state index in [1.54, 1.807) is 0 Å². The second kappa shape index (κ2) is 7.26. The number of nitrogens with one attached hydrogen (secondary N) is 2. The van der Waals surface area contributed by atoms with Crippen LogP contribution >= 0.6 is 15.9 Å². The third-order valence-corrected chi connectivity index (χ3v) is 2.85. The Labute approximate surface area is 105 Å². The molecule has 0 saturated heterocycles. The maximum atomic E-state index is 8.73. The summed E-state index contributed by atoms with van der Waals surface area (Å²) in [5.41, 5.74) is 1.71. The first-order chi connectivity index (χ1) is 7.77. The van der Waals surface area contributed by atoms with Crippen molar-refractivity contribution in [1.82, 2.24) is 5.32 Å². The minimum Gasteiger partial charge on any atom is -0.384 e. The lowest BCUT2D eigenvalue weighted by atomic mass is 10.2. The van der Waals surface area contributed by atoms with Crippen LogP contribution in [-0.4, -0.2) is 19.6 Å². The number of anilines is 1. The van der Waals surface area contributed by atoms with E-state index in [9.17, 15) is 0 Å². The van der Waals surface area contributed by atoms with Gasteiger partial charge in [-0.15, -0.1) is 0 Å². The van der Waals surface area contributed by atoms with Gasteiger partial charge < -0.3 is 10.6 Å². The number of rotatable bonds is 6. The molecule has 0 fully saturated rings. The molecule has 86 valence electrons. The van der Waals surface area contributed by atoms with Crippen molar-refractivity contribution in [3.63, 3.8) is 0 Å². The standard InChI is InChI=1S/C12H16BrN3/c1-2-15-6-3-7-16-12-5-4-10(9-14)8-11(12)13/h4-5,8,15-16H,2-3,6-7H2,1H3. The number of hydrogen-bond acceptors (Lipinski definition) is 3. The molecule has 1 aromatic carbocycles. The molecule has 0 aliphatic rings. The van der Waals surface area contributed by atoms with Crippen molar-refractivity contribution in [2.45, 2.75) is 13.3 Å². The number of hydrogen-bond donors (Lipinski definition) is 2. The highest BCUT2D eigenvalue weighted by Crippen LogP contribution is 2.23. The quantitative estimate of drug-likeness (QED) is 0.789. The van der Waals surface area contributed by atoms with Crippen molar-refractivity contribution >= 4 is 21.6 Å². The summed E-state index contributed by atoms with van der Waals surface area (Å²) in [5, 5.41) is 15.3. The molecular weight excluding hydrogens is 266 g/mol. The van der Waals surface area contributed by atoms with E-state index in [0.717, 1.165) is 36.2 Å². The largest absolute Gasteiger partial charge is 0.384 e. The third-order valence-electron chi connectivity index (χ3n) is 2.19. The highest BCUT2D eigenvalue weighted by atomic mass is 79.9. The monoisotopic (exact) mass is 281 g/mol. The fourth-order valence-electron chi connectivity index (χ4n) is 1.34. The van der Waals surface area contributed by atoms with E-state index in [-0.39, 0.29) is 0 Å². The first kappa shape index (κ1) is 13.0. The SMILES string of the molecule is CCNCCCNc1ccc(C#N)cc1Br. The number of nitriles is 1. The van der Waals surface area contributed by atoms with Gasteiger partial charge in [0, 0.05) is 16.7 Å². The van der Waals surface area contributed by atoms with E-state index in [4.69, 9.17) is 5.26 Å². The molecule has 0 saturated carbocycles. The van der Waals surface area contributed by atoms with Crippen LogP contribution in [-0.2, 0) is 0 Å². The molecule has 4 heteroatoms. The fraction of sp³-hybridized carbons (Fsp3) is 0.417. The number of nitrogens with zero attached hydrogens (tertiary/aromatic N) is 1. The van der Waals surface area contributed by atoms with Crippen molar-refractivity contribution < 1.29 is 0 Å². The number of halogens is 1. The van der Waals surface area contributed by atoms with Gasteiger partial charge >= 0.3 is 0 Å². The second-order valence-corrected chi connectivity index (χ2v) is 4.29. The first-order valence-electron chi connectivity index (χ1n) is 5.42. The molecular formula is C12H16BrN3. The molecule has 0 spiro atoms. The van der Waals surface area contributed by atoms with Gasteiger partial charge in [-0.05, 0) is 53.6 Å². The molecule has 0 amide bonds. The summed E-state index contributed by atoms with van der Waals surface area (Å²) in [4.78, 5) is 0. The molecule has 3 nitrogen and oxygen atoms in total. The normalized spacial score (nSPS) is 9.81. The average molecular weight is 282 g/mol. The molecule has 0 radical (unpaired) electrons. The zero-order valence-corrected chi connectivity index (χ0v) is 11.0. The van der Waals surface area contributed by atoms with Gasteiger partial charge in [0.1, 0.15) is 0 Å². The van der Waals surface area contributed by atoms with Crippen molar-refractivity contribution in [2.24, 2.45) is 0 Å². The van der Waals surface area contributed by atoms with Gasteiger partial charge in [0.15, 0.2) is 0 Å². The first-order valence-corrected chi connectivity index (χ1v) is 6.21. The summed E-state index contributed by atoms with van der Waals surface area (Å²) >= 11 is 3.44. The van der Waals surface area contributed by atoms with E-state index in [1.165, 1.54) is 0 Å². The smallest absolute Gasteiger partial charge is 0.0992 e. The minimum absolute atomic E-state index is 0.671. The van der Waals surface area contributed by atoms with Crippen molar-refractivity contribution in [3.8, 4) is 6.07 Å². The Morgan fingerprint density at radius 2 is 2.19 bits per heavy atom. The Kier molecular flexibility index (Phi) is 5.91. The molecule has 0 atom stereocenters. The molecule has 1 rings (SSSR count). The van der Waals surface area contributed by atoms with E-state index < -0.39 is 0 Å². The van der Waals surface area contributed by atoms with Gasteiger partial charge in [-0.3, -0.25) is 0 Å². The van der Waals surface area contributed by atoms with Crippen molar-refractivity contribution in [2.75, 3.05) is 25.0 Å². The van der Waals surface area contributed by atoms with Crippen LogP contribution in [0.1, 0.15) is 18.9 Å². The maximum Gasteiger partial charge on any atom is 0.0992 e. The van der Waals surface area contributed by atoms with Crippen LogP contribution in [0.2, 0.25) is 0 Å². The van der Waals surface area contributed by atoms with Crippen LogP contribution in [0, 0.1) is 11.3 Å². The van der Waals surface area contributed by atoms with Crippen LogP contribution in [0.3, 0.4) is 0 Å². The van der Waals surface area contributed by atoms with Gasteiger partial charge in [-0.2, -0.15) is 5.26 Å². The zero-order valence-electron chi connectivity index (χ0n) is 9.39. The summed E-state index contributed by atoms with van der Waals surface area (Å²) in [6.07, 6.45) is 1.08. The summed E-state index contributed by atoms with van der Waals surface area (Å²) in [5.74, 6) is 0. The summed E-state index contributed by atoms with van der Waals surface area (Å²) in [7, 11) is 0. The topological polar surface area (TPSA) is 47.8 Å². The van der Waals surface area contributed by atoms with Crippen LogP contribution in [0.5, 0.6) is 0 Å². The predicted molar refractivity (Wildman–Crippen MR) is 70.5 cm³/mol. The zero-order chi connectivity index (χ0) is 11.8. The molecule has 0 aromatic heterocycles. The molecule has 0 unspecified atom stereocenters. The summed E-state index contributed by atoms with van der Waals surface area (Å²) in [6.45, 7) is 5.07. The van der Waals surface area contributed by atoms with Crippen LogP contribution in [0.4, 0.5) is 5.69 Å². The molecule has 0 heterocycles. The molecule has 16 heavy (non-hydrogen) atoms. The van der Waals surface area contributed by atoms with Gasteiger partial charge in [-0.25, -0.2) is 0 Å². The van der Waals surface area contributed by atoms with E-state index in [0.29, 0.717) is 5.56 Å². The highest BCUT2D eigenvalue weighted by molar-refractivity contribution is 9.10. The Bertz CT molecular complexity index is 371. The third kappa shape index (κ3) is 4.21. The predicted octanol–water partition coefficient (Wildman–Crippen LogP) is 2.73. The Morgan fingerprint density at radius 1 is 1.38 bits per heavy atom. The van der Waals surface area contributed by atoms with Gasteiger partial charge in [0.05, 0.1) is 11.6 Å². The average Bonchev–Trinajstić information content (AvgIpc) is 2.30. The second-order valence-electron chi connectivity index (χ2n) is 3.44. The summed E-state index contributed by atoms with van der Waals surface area (Å²) in [6, 6.07) is 7.68. The molecule has 0 bridgehead atoms. The van der Waals surface area contributed by atoms with Crippen LogP contribution in [0.25, 0.3) is 0 Å². The maximum absolute atomic E-state index is 8.73. The Hall–Kier alpha value is -1.05. The fourth-order valence-corrected chi connectivity index (χ4v) is 1.86. The minimum atomic E-state index is 0.671. The summed E-state index contributed by atoms with van der Waals surface area (Å²) < 4.78 is 0.940. The van der Waals surface area contributed by atoms with Gasteiger partial charge in [0.25, 0.3) is 0 Å². The van der Waals surface area contributed by atoms with Gasteiger partial charge in [0.2, 0.25) is 0 Å². The lowest BCUT2D eigenvalue weighted by molar-refractivity contribution is 0.688. The van der Waals surface area contributed by atoms with Crippen LogP contribution in [0.15, 0.2) is 22.7 Å². The molecule has 2 N–H and O–H groups in total. The van der Waals surface area contributed by atoms with Crippen LogP contribution < -0.4 is 10.6 Å². The van der Waals surface area contributed by atoms with Crippen molar-refractivity contribution in [3.05, 3.63) is 28.2 Å². The molecule has 0 aliphatic heterocycles. The molecule has 0 aliphatic carbocycles. The molecule has 1 aromatic rings.